The second-order valence-electron chi connectivity index (χ2n) is 8.39. The van der Waals surface area contributed by atoms with Gasteiger partial charge in [0.25, 0.3) is 5.91 Å². The summed E-state index contributed by atoms with van der Waals surface area (Å²) < 4.78 is 27.6. The van der Waals surface area contributed by atoms with Crippen molar-refractivity contribution in [1.29, 1.82) is 0 Å². The van der Waals surface area contributed by atoms with Crippen LogP contribution in [-0.2, 0) is 14.8 Å². The lowest BCUT2D eigenvalue weighted by atomic mass is 10.0. The third-order valence-corrected chi connectivity index (χ3v) is 7.70. The first-order valence-corrected chi connectivity index (χ1v) is 11.9. The van der Waals surface area contributed by atoms with Crippen molar-refractivity contribution >= 4 is 21.6 Å². The number of piperazine rings is 1. The van der Waals surface area contributed by atoms with Crippen molar-refractivity contribution in [3.05, 3.63) is 59.2 Å². The van der Waals surface area contributed by atoms with Gasteiger partial charge >= 0.3 is 0 Å². The SMILES string of the molecule is Cc1ccc(S(=O)(=O)N2CC[NH+](CC(=O)Nc3ccccc3C(C)C)CC2)c(C)c1. The van der Waals surface area contributed by atoms with E-state index >= 15 is 0 Å². The van der Waals surface area contributed by atoms with Gasteiger partial charge in [0.15, 0.2) is 6.54 Å². The van der Waals surface area contributed by atoms with E-state index in [0.717, 1.165) is 27.3 Å². The predicted octanol–water partition coefficient (Wildman–Crippen LogP) is 1.95. The van der Waals surface area contributed by atoms with Crippen LogP contribution >= 0.6 is 0 Å². The van der Waals surface area contributed by atoms with Crippen LogP contribution in [0.2, 0.25) is 0 Å². The summed E-state index contributed by atoms with van der Waals surface area (Å²) in [5.41, 5.74) is 3.79. The fourth-order valence-corrected chi connectivity index (χ4v) is 5.63. The van der Waals surface area contributed by atoms with Gasteiger partial charge in [-0.05, 0) is 43.0 Å². The quantitative estimate of drug-likeness (QED) is 0.736. The zero-order chi connectivity index (χ0) is 21.9. The first kappa shape index (κ1) is 22.5. The fraction of sp³-hybridized carbons (Fsp3) is 0.435. The van der Waals surface area contributed by atoms with Crippen LogP contribution in [0.1, 0.15) is 36.5 Å². The monoisotopic (exact) mass is 430 g/mol. The maximum Gasteiger partial charge on any atom is 0.279 e. The van der Waals surface area contributed by atoms with Crippen LogP contribution in [0, 0.1) is 13.8 Å². The van der Waals surface area contributed by atoms with Gasteiger partial charge in [-0.15, -0.1) is 0 Å². The summed E-state index contributed by atoms with van der Waals surface area (Å²) in [5, 5.41) is 3.03. The van der Waals surface area contributed by atoms with E-state index in [9.17, 15) is 13.2 Å². The number of sulfonamides is 1. The molecular weight excluding hydrogens is 398 g/mol. The van der Waals surface area contributed by atoms with Gasteiger partial charge < -0.3 is 10.2 Å². The molecule has 162 valence electrons. The van der Waals surface area contributed by atoms with E-state index in [1.165, 1.54) is 0 Å². The molecule has 1 heterocycles. The number of amides is 1. The van der Waals surface area contributed by atoms with Crippen molar-refractivity contribution in [3.63, 3.8) is 0 Å². The van der Waals surface area contributed by atoms with Gasteiger partial charge in [0.05, 0.1) is 31.1 Å². The first-order chi connectivity index (χ1) is 14.2. The molecule has 0 saturated carbocycles. The van der Waals surface area contributed by atoms with Crippen molar-refractivity contribution in [1.82, 2.24) is 4.31 Å². The van der Waals surface area contributed by atoms with Gasteiger partial charge in [0.1, 0.15) is 0 Å². The van der Waals surface area contributed by atoms with Crippen molar-refractivity contribution in [2.75, 3.05) is 38.0 Å². The molecule has 0 aliphatic carbocycles. The number of nitrogens with zero attached hydrogens (tertiary/aromatic N) is 1. The number of benzene rings is 2. The molecular formula is C23H32N3O3S+. The molecule has 0 unspecified atom stereocenters. The third kappa shape index (κ3) is 5.09. The Labute approximate surface area is 179 Å². The van der Waals surface area contributed by atoms with Gasteiger partial charge in [0, 0.05) is 5.69 Å². The lowest BCUT2D eigenvalue weighted by Gasteiger charge is -2.31. The van der Waals surface area contributed by atoms with Crippen molar-refractivity contribution in [2.45, 2.75) is 38.5 Å². The Morgan fingerprint density at radius 1 is 1.10 bits per heavy atom. The Kier molecular flexibility index (Phi) is 6.95. The molecule has 0 atom stereocenters. The van der Waals surface area contributed by atoms with Crippen LogP contribution in [-0.4, -0.2) is 51.4 Å². The summed E-state index contributed by atoms with van der Waals surface area (Å²) >= 11 is 0. The number of nitrogens with one attached hydrogen (secondary N) is 2. The van der Waals surface area contributed by atoms with E-state index in [-0.39, 0.29) is 5.91 Å². The van der Waals surface area contributed by atoms with E-state index in [0.29, 0.717) is 43.5 Å². The van der Waals surface area contributed by atoms with E-state index in [2.05, 4.69) is 19.2 Å². The van der Waals surface area contributed by atoms with Gasteiger partial charge in [-0.2, -0.15) is 4.31 Å². The molecule has 7 heteroatoms. The number of hydrogen-bond acceptors (Lipinski definition) is 3. The smallest absolute Gasteiger partial charge is 0.279 e. The van der Waals surface area contributed by atoms with E-state index in [1.807, 2.05) is 50.2 Å². The minimum atomic E-state index is -3.51. The molecule has 0 aromatic heterocycles. The van der Waals surface area contributed by atoms with Crippen LogP contribution < -0.4 is 10.2 Å². The minimum absolute atomic E-state index is 0.0382. The summed E-state index contributed by atoms with van der Waals surface area (Å²) in [4.78, 5) is 14.0. The first-order valence-electron chi connectivity index (χ1n) is 10.5. The van der Waals surface area contributed by atoms with Crippen molar-refractivity contribution in [2.24, 2.45) is 0 Å². The lowest BCUT2D eigenvalue weighted by Crippen LogP contribution is -3.15. The van der Waals surface area contributed by atoms with Gasteiger partial charge in [-0.3, -0.25) is 4.79 Å². The van der Waals surface area contributed by atoms with Crippen LogP contribution in [0.15, 0.2) is 47.4 Å². The van der Waals surface area contributed by atoms with Crippen LogP contribution in [0.4, 0.5) is 5.69 Å². The third-order valence-electron chi connectivity index (χ3n) is 5.65. The fourth-order valence-electron chi connectivity index (χ4n) is 3.98. The lowest BCUT2D eigenvalue weighted by molar-refractivity contribution is -0.895. The number of hydrogen-bond donors (Lipinski definition) is 2. The average molecular weight is 431 g/mol. The average Bonchev–Trinajstić information content (AvgIpc) is 2.68. The van der Waals surface area contributed by atoms with E-state index < -0.39 is 10.0 Å². The van der Waals surface area contributed by atoms with E-state index in [1.54, 1.807) is 10.4 Å². The topological polar surface area (TPSA) is 70.9 Å². The maximum atomic E-state index is 13.0. The number of carbonyl (C=O) groups excluding carboxylic acids is 1. The molecule has 1 saturated heterocycles. The number of aryl methyl sites for hydroxylation is 2. The molecule has 6 nitrogen and oxygen atoms in total. The Bertz CT molecular complexity index is 1010. The minimum Gasteiger partial charge on any atom is -0.325 e. The van der Waals surface area contributed by atoms with Crippen molar-refractivity contribution < 1.29 is 18.1 Å². The molecule has 1 aliphatic rings. The standard InChI is InChI=1S/C23H31N3O3S/c1-17(2)20-7-5-6-8-21(20)24-23(27)16-25-11-13-26(14-12-25)30(28,29)22-10-9-18(3)15-19(22)4/h5-10,15,17H,11-14,16H2,1-4H3,(H,24,27)/p+1. The molecule has 0 spiro atoms. The number of anilines is 1. The zero-order valence-corrected chi connectivity index (χ0v) is 19.1. The van der Waals surface area contributed by atoms with E-state index in [4.69, 9.17) is 0 Å². The number of quaternary nitrogens is 1. The largest absolute Gasteiger partial charge is 0.325 e. The molecule has 1 aliphatic heterocycles. The Morgan fingerprint density at radius 2 is 1.77 bits per heavy atom. The van der Waals surface area contributed by atoms with Gasteiger partial charge in [-0.25, -0.2) is 8.42 Å². The van der Waals surface area contributed by atoms with Gasteiger partial charge in [-0.1, -0.05) is 49.7 Å². The molecule has 2 N–H and O–H groups in total. The highest BCUT2D eigenvalue weighted by molar-refractivity contribution is 7.89. The highest BCUT2D eigenvalue weighted by atomic mass is 32.2. The molecule has 0 bridgehead atoms. The number of para-hydroxylation sites is 1. The second-order valence-corrected chi connectivity index (χ2v) is 10.3. The maximum absolute atomic E-state index is 13.0. The molecule has 1 amide bonds. The molecule has 3 rings (SSSR count). The number of carbonyl (C=O) groups is 1. The van der Waals surface area contributed by atoms with Crippen LogP contribution in [0.5, 0.6) is 0 Å². The summed E-state index contributed by atoms with van der Waals surface area (Å²) in [7, 11) is -3.51. The molecule has 2 aromatic carbocycles. The Hall–Kier alpha value is -2.22. The van der Waals surface area contributed by atoms with Crippen molar-refractivity contribution in [3.8, 4) is 0 Å². The summed E-state index contributed by atoms with van der Waals surface area (Å²) in [6.45, 7) is 10.4. The molecule has 1 fully saturated rings. The van der Waals surface area contributed by atoms with Crippen LogP contribution in [0.3, 0.4) is 0 Å². The summed E-state index contributed by atoms with van der Waals surface area (Å²) in [6, 6.07) is 13.3. The molecule has 30 heavy (non-hydrogen) atoms. The number of rotatable bonds is 6. The highest BCUT2D eigenvalue weighted by Crippen LogP contribution is 2.23. The predicted molar refractivity (Wildman–Crippen MR) is 119 cm³/mol. The Morgan fingerprint density at radius 3 is 2.40 bits per heavy atom. The zero-order valence-electron chi connectivity index (χ0n) is 18.2. The normalized spacial score (nSPS) is 16.0. The summed E-state index contributed by atoms with van der Waals surface area (Å²) in [6.07, 6.45) is 0. The summed E-state index contributed by atoms with van der Waals surface area (Å²) in [5.74, 6) is 0.289. The molecule has 2 aromatic rings. The van der Waals surface area contributed by atoms with Crippen LogP contribution in [0.25, 0.3) is 0 Å². The highest BCUT2D eigenvalue weighted by Gasteiger charge is 2.32. The second kappa shape index (κ2) is 9.29. The van der Waals surface area contributed by atoms with Gasteiger partial charge in [0.2, 0.25) is 10.0 Å². The Balaban J connectivity index is 1.59. The molecule has 0 radical (unpaired) electrons.